The molecule has 0 aliphatic heterocycles. The van der Waals surface area contributed by atoms with E-state index in [2.05, 4.69) is 30.4 Å². The first-order valence-electron chi connectivity index (χ1n) is 8.84. The van der Waals surface area contributed by atoms with Crippen LogP contribution < -0.4 is 9.62 Å². The van der Waals surface area contributed by atoms with Crippen LogP contribution in [0.4, 0.5) is 5.69 Å². The number of carbonyl (C=O) groups excluding carboxylic acids is 1. The van der Waals surface area contributed by atoms with Crippen LogP contribution in [-0.4, -0.2) is 38.9 Å². The van der Waals surface area contributed by atoms with Gasteiger partial charge in [0.2, 0.25) is 15.9 Å². The first-order chi connectivity index (χ1) is 13.2. The van der Waals surface area contributed by atoms with Crippen LogP contribution in [0.25, 0.3) is 0 Å². The molecule has 0 bridgehead atoms. The number of aryl methyl sites for hydroxylation is 1. The second kappa shape index (κ2) is 10.2. The standard InChI is InChI=1S/C20H25ClN2O3S2/c1-15-5-4-6-17(13-15)14-27-12-11-22-20(24)16(2)23(28(3,25)26)19-9-7-18(21)8-10-19/h4-10,13,16H,11-12,14H2,1-3H3,(H,22,24)/t16-/m1/s1. The number of carbonyl (C=O) groups is 1. The van der Waals surface area contributed by atoms with Gasteiger partial charge in [-0.1, -0.05) is 41.4 Å². The van der Waals surface area contributed by atoms with Crippen LogP contribution in [0.5, 0.6) is 0 Å². The van der Waals surface area contributed by atoms with Crippen LogP contribution in [0.1, 0.15) is 18.1 Å². The number of thioether (sulfide) groups is 1. The van der Waals surface area contributed by atoms with E-state index in [4.69, 9.17) is 11.6 Å². The molecule has 0 fully saturated rings. The van der Waals surface area contributed by atoms with E-state index < -0.39 is 16.1 Å². The van der Waals surface area contributed by atoms with Gasteiger partial charge in [0.1, 0.15) is 6.04 Å². The molecule has 1 amide bonds. The third-order valence-electron chi connectivity index (χ3n) is 4.07. The molecule has 2 aromatic carbocycles. The van der Waals surface area contributed by atoms with Crippen molar-refractivity contribution >= 4 is 45.0 Å². The van der Waals surface area contributed by atoms with Crippen LogP contribution in [0.3, 0.4) is 0 Å². The Hall–Kier alpha value is -1.70. The summed E-state index contributed by atoms with van der Waals surface area (Å²) in [6, 6.07) is 13.8. The van der Waals surface area contributed by atoms with Crippen LogP contribution in [-0.2, 0) is 20.6 Å². The summed E-state index contributed by atoms with van der Waals surface area (Å²) in [4.78, 5) is 12.5. The number of hydrogen-bond donors (Lipinski definition) is 1. The monoisotopic (exact) mass is 440 g/mol. The van der Waals surface area contributed by atoms with Gasteiger partial charge >= 0.3 is 0 Å². The minimum atomic E-state index is -3.63. The number of amides is 1. The highest BCUT2D eigenvalue weighted by molar-refractivity contribution is 7.98. The predicted octanol–water partition coefficient (Wildman–Crippen LogP) is 3.85. The molecular formula is C20H25ClN2O3S2. The summed E-state index contributed by atoms with van der Waals surface area (Å²) in [5.41, 5.74) is 2.88. The van der Waals surface area contributed by atoms with Crippen molar-refractivity contribution in [2.75, 3.05) is 22.9 Å². The molecule has 0 heterocycles. The molecule has 2 rings (SSSR count). The maximum atomic E-state index is 12.5. The second-order valence-corrected chi connectivity index (χ2v) is 9.94. The molecule has 0 saturated carbocycles. The van der Waals surface area contributed by atoms with Gasteiger partial charge in [-0.05, 0) is 43.7 Å². The van der Waals surface area contributed by atoms with E-state index in [1.807, 2.05) is 6.07 Å². The molecule has 152 valence electrons. The molecule has 0 spiro atoms. The SMILES string of the molecule is Cc1cccc(CSCCNC(=O)[C@@H](C)N(c2ccc(Cl)cc2)S(C)(=O)=O)c1. The number of sulfonamides is 1. The summed E-state index contributed by atoms with van der Waals surface area (Å²) in [6.45, 7) is 4.10. The number of anilines is 1. The highest BCUT2D eigenvalue weighted by Crippen LogP contribution is 2.23. The number of halogens is 1. The first-order valence-corrected chi connectivity index (χ1v) is 12.2. The number of benzene rings is 2. The van der Waals surface area contributed by atoms with Gasteiger partial charge < -0.3 is 5.32 Å². The third-order valence-corrected chi connectivity index (χ3v) is 6.59. The van der Waals surface area contributed by atoms with E-state index in [1.165, 1.54) is 11.1 Å². The van der Waals surface area contributed by atoms with Crippen molar-refractivity contribution in [3.8, 4) is 0 Å². The highest BCUT2D eigenvalue weighted by Gasteiger charge is 2.28. The molecule has 0 aliphatic rings. The van der Waals surface area contributed by atoms with Gasteiger partial charge in [-0.2, -0.15) is 11.8 Å². The molecule has 2 aromatic rings. The summed E-state index contributed by atoms with van der Waals surface area (Å²) >= 11 is 7.59. The fraction of sp³-hybridized carbons (Fsp3) is 0.350. The highest BCUT2D eigenvalue weighted by atomic mass is 35.5. The predicted molar refractivity (Wildman–Crippen MR) is 119 cm³/mol. The van der Waals surface area contributed by atoms with Crippen LogP contribution in [0.15, 0.2) is 48.5 Å². The topological polar surface area (TPSA) is 66.5 Å². The average Bonchev–Trinajstić information content (AvgIpc) is 2.62. The molecular weight excluding hydrogens is 416 g/mol. The molecule has 1 N–H and O–H groups in total. The number of rotatable bonds is 9. The van der Waals surface area contributed by atoms with Crippen molar-refractivity contribution in [2.24, 2.45) is 0 Å². The second-order valence-electron chi connectivity index (χ2n) is 6.54. The van der Waals surface area contributed by atoms with Gasteiger partial charge in [0.25, 0.3) is 0 Å². The van der Waals surface area contributed by atoms with Crippen molar-refractivity contribution in [1.82, 2.24) is 5.32 Å². The minimum absolute atomic E-state index is 0.337. The lowest BCUT2D eigenvalue weighted by Crippen LogP contribution is -2.48. The number of nitrogens with zero attached hydrogens (tertiary/aromatic N) is 1. The molecule has 0 saturated heterocycles. The van der Waals surface area contributed by atoms with Crippen molar-refractivity contribution in [3.63, 3.8) is 0 Å². The van der Waals surface area contributed by atoms with E-state index in [-0.39, 0.29) is 5.91 Å². The molecule has 0 unspecified atom stereocenters. The molecule has 28 heavy (non-hydrogen) atoms. The average molecular weight is 441 g/mol. The maximum absolute atomic E-state index is 12.5. The smallest absolute Gasteiger partial charge is 0.243 e. The fourth-order valence-corrected chi connectivity index (χ4v) is 4.89. The normalized spacial score (nSPS) is 12.4. The van der Waals surface area contributed by atoms with E-state index in [1.54, 1.807) is 43.0 Å². The third kappa shape index (κ3) is 6.72. The van der Waals surface area contributed by atoms with E-state index in [9.17, 15) is 13.2 Å². The fourth-order valence-electron chi connectivity index (χ4n) is 2.78. The van der Waals surface area contributed by atoms with Gasteiger partial charge in [-0.3, -0.25) is 9.10 Å². The molecule has 0 radical (unpaired) electrons. The Kier molecular flexibility index (Phi) is 8.22. The quantitative estimate of drug-likeness (QED) is 0.601. The maximum Gasteiger partial charge on any atom is 0.243 e. The van der Waals surface area contributed by atoms with Gasteiger partial charge in [-0.25, -0.2) is 8.42 Å². The van der Waals surface area contributed by atoms with E-state index >= 15 is 0 Å². The lowest BCUT2D eigenvalue weighted by molar-refractivity contribution is -0.121. The summed E-state index contributed by atoms with van der Waals surface area (Å²) in [5, 5.41) is 3.32. The van der Waals surface area contributed by atoms with Crippen molar-refractivity contribution < 1.29 is 13.2 Å². The lowest BCUT2D eigenvalue weighted by atomic mass is 10.2. The molecule has 0 aromatic heterocycles. The van der Waals surface area contributed by atoms with Gasteiger partial charge in [0.15, 0.2) is 0 Å². The summed E-state index contributed by atoms with van der Waals surface area (Å²) in [6.07, 6.45) is 1.09. The largest absolute Gasteiger partial charge is 0.353 e. The first kappa shape index (κ1) is 22.6. The van der Waals surface area contributed by atoms with Crippen LogP contribution in [0, 0.1) is 6.92 Å². The Labute approximate surface area is 176 Å². The Morgan fingerprint density at radius 3 is 2.50 bits per heavy atom. The summed E-state index contributed by atoms with van der Waals surface area (Å²) < 4.78 is 25.6. The zero-order valence-electron chi connectivity index (χ0n) is 16.2. The molecule has 0 aliphatic carbocycles. The summed E-state index contributed by atoms with van der Waals surface area (Å²) in [7, 11) is -3.63. The Balaban J connectivity index is 1.89. The minimum Gasteiger partial charge on any atom is -0.353 e. The summed E-state index contributed by atoms with van der Waals surface area (Å²) in [5.74, 6) is 1.27. The van der Waals surface area contributed by atoms with Crippen molar-refractivity contribution in [3.05, 3.63) is 64.7 Å². The molecule has 1 atom stereocenters. The van der Waals surface area contributed by atoms with Crippen LogP contribution in [0.2, 0.25) is 5.02 Å². The van der Waals surface area contributed by atoms with Gasteiger partial charge in [-0.15, -0.1) is 0 Å². The Morgan fingerprint density at radius 2 is 1.89 bits per heavy atom. The van der Waals surface area contributed by atoms with Gasteiger partial charge in [0.05, 0.1) is 11.9 Å². The van der Waals surface area contributed by atoms with Crippen molar-refractivity contribution in [1.29, 1.82) is 0 Å². The zero-order valence-corrected chi connectivity index (χ0v) is 18.6. The Morgan fingerprint density at radius 1 is 1.21 bits per heavy atom. The molecule has 8 heteroatoms. The van der Waals surface area contributed by atoms with Gasteiger partial charge in [0, 0.05) is 23.1 Å². The lowest BCUT2D eigenvalue weighted by Gasteiger charge is -2.28. The van der Waals surface area contributed by atoms with E-state index in [0.717, 1.165) is 22.1 Å². The number of nitrogens with one attached hydrogen (secondary N) is 1. The van der Waals surface area contributed by atoms with Crippen molar-refractivity contribution in [2.45, 2.75) is 25.6 Å². The zero-order chi connectivity index (χ0) is 20.7. The van der Waals surface area contributed by atoms with E-state index in [0.29, 0.717) is 17.3 Å². The van der Waals surface area contributed by atoms with Crippen LogP contribution >= 0.6 is 23.4 Å². The Bertz CT molecular complexity index is 902. The molecule has 5 nitrogen and oxygen atoms in total. The number of hydrogen-bond acceptors (Lipinski definition) is 4.